The van der Waals surface area contributed by atoms with Crippen LogP contribution in [0.4, 0.5) is 0 Å². The molecule has 4 rings (SSSR count). The van der Waals surface area contributed by atoms with E-state index in [1.54, 1.807) is 0 Å². The Bertz CT molecular complexity index is 405. The average molecular weight is 250 g/mol. The molecular weight excluding hydrogens is 232 g/mol. The third-order valence-electron chi connectivity index (χ3n) is 4.95. The molecule has 0 aliphatic heterocycles. The molecule has 4 heteroatoms. The first-order chi connectivity index (χ1) is 8.54. The van der Waals surface area contributed by atoms with Gasteiger partial charge in [-0.3, -0.25) is 4.79 Å². The fourth-order valence-corrected chi connectivity index (χ4v) is 4.64. The molecule has 0 atom stereocenters. The SMILES string of the molecule is O=C(O)CC(C(=O)O)=C1C2CC3CC(C2)CC1C3. The van der Waals surface area contributed by atoms with Gasteiger partial charge in [-0.15, -0.1) is 0 Å². The second kappa shape index (κ2) is 4.11. The zero-order valence-electron chi connectivity index (χ0n) is 10.3. The zero-order chi connectivity index (χ0) is 12.9. The Morgan fingerprint density at radius 2 is 1.44 bits per heavy atom. The number of allylic oxidation sites excluding steroid dienone is 1. The summed E-state index contributed by atoms with van der Waals surface area (Å²) in [7, 11) is 0. The van der Waals surface area contributed by atoms with Crippen molar-refractivity contribution < 1.29 is 19.8 Å². The minimum atomic E-state index is -1.03. The van der Waals surface area contributed by atoms with Crippen molar-refractivity contribution in [1.82, 2.24) is 0 Å². The van der Waals surface area contributed by atoms with Gasteiger partial charge in [-0.1, -0.05) is 5.57 Å². The topological polar surface area (TPSA) is 74.6 Å². The Balaban J connectivity index is 1.97. The lowest BCUT2D eigenvalue weighted by atomic mass is 9.53. The average Bonchev–Trinajstić information content (AvgIpc) is 2.25. The summed E-state index contributed by atoms with van der Waals surface area (Å²) in [6, 6.07) is 0. The highest BCUT2D eigenvalue weighted by Gasteiger charge is 2.46. The van der Waals surface area contributed by atoms with Gasteiger partial charge in [-0.2, -0.15) is 0 Å². The van der Waals surface area contributed by atoms with E-state index < -0.39 is 11.9 Å². The highest BCUT2D eigenvalue weighted by molar-refractivity contribution is 5.93. The highest BCUT2D eigenvalue weighted by atomic mass is 16.4. The summed E-state index contributed by atoms with van der Waals surface area (Å²) in [4.78, 5) is 22.2. The Labute approximate surface area is 106 Å². The zero-order valence-corrected chi connectivity index (χ0v) is 10.3. The molecule has 4 aliphatic rings. The minimum Gasteiger partial charge on any atom is -0.481 e. The maximum Gasteiger partial charge on any atom is 0.332 e. The molecule has 4 aliphatic carbocycles. The van der Waals surface area contributed by atoms with Crippen molar-refractivity contribution in [2.24, 2.45) is 23.7 Å². The molecule has 0 aromatic heterocycles. The molecule has 4 saturated carbocycles. The van der Waals surface area contributed by atoms with Crippen LogP contribution in [0, 0.1) is 23.7 Å². The van der Waals surface area contributed by atoms with Crippen molar-refractivity contribution in [1.29, 1.82) is 0 Å². The number of hydrogen-bond acceptors (Lipinski definition) is 2. The van der Waals surface area contributed by atoms with Crippen LogP contribution in [0.2, 0.25) is 0 Å². The largest absolute Gasteiger partial charge is 0.481 e. The van der Waals surface area contributed by atoms with E-state index >= 15 is 0 Å². The quantitative estimate of drug-likeness (QED) is 0.754. The van der Waals surface area contributed by atoms with E-state index in [4.69, 9.17) is 5.11 Å². The normalized spacial score (nSPS) is 36.8. The van der Waals surface area contributed by atoms with Crippen molar-refractivity contribution in [2.75, 3.05) is 0 Å². The summed E-state index contributed by atoms with van der Waals surface area (Å²) in [5.74, 6) is 0.166. The number of carboxylic acid groups (broad SMARTS) is 2. The summed E-state index contributed by atoms with van der Waals surface area (Å²) < 4.78 is 0. The molecule has 2 N–H and O–H groups in total. The van der Waals surface area contributed by atoms with Gasteiger partial charge in [0.1, 0.15) is 0 Å². The standard InChI is InChI=1S/C14H18O4/c15-12(16)6-11(14(17)18)13-9-2-7-1-8(4-9)5-10(13)3-7/h7-10H,1-6H2,(H,15,16)(H,17,18). The molecular formula is C14H18O4. The molecule has 0 saturated heterocycles. The van der Waals surface area contributed by atoms with Crippen LogP contribution in [-0.4, -0.2) is 22.2 Å². The number of aliphatic carboxylic acids is 2. The molecule has 0 heterocycles. The maximum absolute atomic E-state index is 11.3. The predicted octanol–water partition coefficient (Wildman–Crippen LogP) is 2.30. The molecule has 4 fully saturated rings. The Morgan fingerprint density at radius 1 is 0.944 bits per heavy atom. The smallest absolute Gasteiger partial charge is 0.332 e. The molecule has 4 bridgehead atoms. The van der Waals surface area contributed by atoms with Crippen molar-refractivity contribution in [3.8, 4) is 0 Å². The number of carbonyl (C=O) groups is 2. The molecule has 0 aromatic rings. The molecule has 4 nitrogen and oxygen atoms in total. The molecule has 0 spiro atoms. The fourth-order valence-electron chi connectivity index (χ4n) is 4.64. The second-order valence-electron chi connectivity index (χ2n) is 6.11. The van der Waals surface area contributed by atoms with Gasteiger partial charge in [0.05, 0.1) is 6.42 Å². The number of rotatable bonds is 3. The van der Waals surface area contributed by atoms with Gasteiger partial charge in [-0.25, -0.2) is 4.79 Å². The highest BCUT2D eigenvalue weighted by Crippen LogP contribution is 2.57. The maximum atomic E-state index is 11.3. The summed E-state index contributed by atoms with van der Waals surface area (Å²) >= 11 is 0. The second-order valence-corrected chi connectivity index (χ2v) is 6.11. The summed E-state index contributed by atoms with van der Waals surface area (Å²) in [5, 5.41) is 18.2. The molecule has 0 amide bonds. The van der Waals surface area contributed by atoms with Crippen molar-refractivity contribution in [3.63, 3.8) is 0 Å². The van der Waals surface area contributed by atoms with Crippen LogP contribution in [-0.2, 0) is 9.59 Å². The molecule has 0 radical (unpaired) electrons. The van der Waals surface area contributed by atoms with E-state index in [1.165, 1.54) is 6.42 Å². The monoisotopic (exact) mass is 250 g/mol. The lowest BCUT2D eigenvalue weighted by molar-refractivity contribution is -0.139. The van der Waals surface area contributed by atoms with E-state index in [1.807, 2.05) is 0 Å². The first-order valence-electron chi connectivity index (χ1n) is 6.72. The molecule has 98 valence electrons. The van der Waals surface area contributed by atoms with Gasteiger partial charge in [0, 0.05) is 5.57 Å². The third kappa shape index (κ3) is 1.84. The minimum absolute atomic E-state index is 0.177. The van der Waals surface area contributed by atoms with Crippen molar-refractivity contribution >= 4 is 11.9 Å². The Morgan fingerprint density at radius 3 is 1.83 bits per heavy atom. The number of carboxylic acids is 2. The van der Waals surface area contributed by atoms with Gasteiger partial charge >= 0.3 is 11.9 Å². The summed E-state index contributed by atoms with van der Waals surface area (Å²) in [6.45, 7) is 0. The first kappa shape index (κ1) is 11.8. The number of hydrogen-bond donors (Lipinski definition) is 2. The van der Waals surface area contributed by atoms with Crippen molar-refractivity contribution in [2.45, 2.75) is 38.5 Å². The van der Waals surface area contributed by atoms with Crippen LogP contribution in [0.3, 0.4) is 0 Å². The van der Waals surface area contributed by atoms with Gasteiger partial charge < -0.3 is 10.2 Å². The lowest BCUT2D eigenvalue weighted by Crippen LogP contribution is -2.41. The Kier molecular flexibility index (Phi) is 2.68. The molecule has 0 unspecified atom stereocenters. The van der Waals surface area contributed by atoms with Gasteiger partial charge in [0.2, 0.25) is 0 Å². The van der Waals surface area contributed by atoms with Crippen molar-refractivity contribution in [3.05, 3.63) is 11.1 Å². The van der Waals surface area contributed by atoms with E-state index in [0.717, 1.165) is 43.1 Å². The Hall–Kier alpha value is -1.32. The predicted molar refractivity (Wildman–Crippen MR) is 64.0 cm³/mol. The van der Waals surface area contributed by atoms with Crippen LogP contribution in [0.25, 0.3) is 0 Å². The van der Waals surface area contributed by atoms with Gasteiger partial charge in [0.25, 0.3) is 0 Å². The van der Waals surface area contributed by atoms with E-state index in [9.17, 15) is 14.7 Å². The third-order valence-corrected chi connectivity index (χ3v) is 4.95. The van der Waals surface area contributed by atoms with Crippen LogP contribution < -0.4 is 0 Å². The van der Waals surface area contributed by atoms with Gasteiger partial charge in [-0.05, 0) is 55.8 Å². The lowest BCUT2D eigenvalue weighted by Gasteiger charge is -2.52. The van der Waals surface area contributed by atoms with E-state index in [-0.39, 0.29) is 12.0 Å². The van der Waals surface area contributed by atoms with Crippen LogP contribution in [0.15, 0.2) is 11.1 Å². The molecule has 18 heavy (non-hydrogen) atoms. The fraction of sp³-hybridized carbons (Fsp3) is 0.714. The van der Waals surface area contributed by atoms with E-state index in [2.05, 4.69) is 0 Å². The van der Waals surface area contributed by atoms with Crippen LogP contribution >= 0.6 is 0 Å². The molecule has 0 aromatic carbocycles. The summed E-state index contributed by atoms with van der Waals surface area (Å²) in [5.41, 5.74) is 1.16. The summed E-state index contributed by atoms with van der Waals surface area (Å²) in [6.07, 6.45) is 5.31. The van der Waals surface area contributed by atoms with Crippen LogP contribution in [0.1, 0.15) is 38.5 Å². The van der Waals surface area contributed by atoms with E-state index in [0.29, 0.717) is 11.8 Å². The van der Waals surface area contributed by atoms with Gasteiger partial charge in [0.15, 0.2) is 0 Å². The van der Waals surface area contributed by atoms with Crippen LogP contribution in [0.5, 0.6) is 0 Å². The first-order valence-corrected chi connectivity index (χ1v) is 6.72.